The van der Waals surface area contributed by atoms with Gasteiger partial charge in [-0.1, -0.05) is 0 Å². The number of hydrogen-bond acceptors (Lipinski definition) is 2. The minimum absolute atomic E-state index is 0.0288. The lowest BCUT2D eigenvalue weighted by Gasteiger charge is -2.23. The van der Waals surface area contributed by atoms with Gasteiger partial charge in [0, 0.05) is 0 Å². The van der Waals surface area contributed by atoms with Crippen LogP contribution in [0.1, 0.15) is 0 Å². The fraction of sp³-hybridized carbons (Fsp3) is 0.750. The summed E-state index contributed by atoms with van der Waals surface area (Å²) in [5.41, 5.74) is 0. The minimum Gasteiger partial charge on any atom is -0.406 e. The van der Waals surface area contributed by atoms with Crippen LogP contribution in [0, 0.1) is 0 Å². The van der Waals surface area contributed by atoms with Crippen molar-refractivity contribution in [1.82, 2.24) is 0 Å². The molecule has 0 rings (SSSR count). The summed E-state index contributed by atoms with van der Waals surface area (Å²) in [6.07, 6.45) is -10.5. The highest BCUT2D eigenvalue weighted by atomic mass is 19.4. The van der Waals surface area contributed by atoms with Crippen molar-refractivity contribution in [3.63, 3.8) is 0 Å². The van der Waals surface area contributed by atoms with Crippen LogP contribution in [-0.2, 0) is 9.53 Å². The van der Waals surface area contributed by atoms with Crippen molar-refractivity contribution in [2.45, 2.75) is 18.5 Å². The summed E-state index contributed by atoms with van der Waals surface area (Å²) in [6, 6.07) is 0. The van der Waals surface area contributed by atoms with Gasteiger partial charge in [0.2, 0.25) is 0 Å². The van der Waals surface area contributed by atoms with E-state index in [4.69, 9.17) is 4.79 Å². The summed E-state index contributed by atoms with van der Waals surface area (Å²) in [7, 11) is 0. The third kappa shape index (κ3) is 1.80. The molecule has 0 saturated heterocycles. The summed E-state index contributed by atoms with van der Waals surface area (Å²) in [5.74, 6) is -5.27. The zero-order valence-electron chi connectivity index (χ0n) is 5.16. The van der Waals surface area contributed by atoms with Crippen molar-refractivity contribution >= 4 is 6.47 Å². The van der Waals surface area contributed by atoms with Crippen LogP contribution in [-0.4, -0.2) is 24.9 Å². The lowest BCUT2D eigenvalue weighted by molar-refractivity contribution is -0.345. The molecule has 0 saturated carbocycles. The van der Waals surface area contributed by atoms with Crippen LogP contribution in [0.2, 0.25) is 0 Å². The summed E-state index contributed by atoms with van der Waals surface area (Å²) in [5, 5.41) is 0. The van der Waals surface area contributed by atoms with Crippen molar-refractivity contribution in [1.29, 1.82) is 0 Å². The van der Waals surface area contributed by atoms with Gasteiger partial charge in [0.25, 0.3) is 0 Å². The normalized spacial score (nSPS) is 17.2. The third-order valence-corrected chi connectivity index (χ3v) is 0.857. The van der Waals surface area contributed by atoms with Gasteiger partial charge in [0.15, 0.2) is 0 Å². The van der Waals surface area contributed by atoms with E-state index in [-0.39, 0.29) is 6.47 Å². The van der Waals surface area contributed by atoms with Crippen molar-refractivity contribution < 1.29 is 35.9 Å². The van der Waals surface area contributed by atoms with Crippen LogP contribution in [0.5, 0.6) is 0 Å². The molecule has 0 aromatic carbocycles. The van der Waals surface area contributed by atoms with Gasteiger partial charge in [-0.3, -0.25) is 0 Å². The third-order valence-electron chi connectivity index (χ3n) is 0.857. The van der Waals surface area contributed by atoms with Crippen LogP contribution >= 0.6 is 0 Å². The molecule has 1 atom stereocenters. The molecule has 0 aliphatic rings. The van der Waals surface area contributed by atoms with Gasteiger partial charge in [0.05, 0.1) is 0 Å². The van der Waals surface area contributed by atoms with Gasteiger partial charge in [0.1, 0.15) is 0 Å². The number of halogens is 6. The Bertz CT molecular complexity index is 165. The lowest BCUT2D eigenvalue weighted by atomic mass is 10.3. The maximum atomic E-state index is 12.1. The average molecular weight is 195 g/mol. The van der Waals surface area contributed by atoms with E-state index in [1.165, 1.54) is 0 Å². The molecule has 0 aromatic heterocycles. The molecule has 71 valence electrons. The molecule has 0 spiro atoms. The first-order valence-corrected chi connectivity index (χ1v) is 2.34. The number of hydrogen-bond donors (Lipinski definition) is 0. The molecule has 0 aromatic rings. The van der Waals surface area contributed by atoms with Crippen molar-refractivity contribution in [2.75, 3.05) is 0 Å². The van der Waals surface area contributed by atoms with E-state index in [1.54, 1.807) is 0 Å². The maximum Gasteiger partial charge on any atom is 0.466 e. The van der Waals surface area contributed by atoms with E-state index < -0.39 is 18.5 Å². The molecule has 0 bridgehead atoms. The molecule has 2 nitrogen and oxygen atoms in total. The molecule has 0 fully saturated rings. The van der Waals surface area contributed by atoms with E-state index in [0.29, 0.717) is 0 Å². The Labute approximate surface area is 62.1 Å². The van der Waals surface area contributed by atoms with Gasteiger partial charge in [-0.25, -0.2) is 13.6 Å². The minimum atomic E-state index is -5.97. The van der Waals surface area contributed by atoms with Crippen LogP contribution in [0.3, 0.4) is 0 Å². The topological polar surface area (TPSA) is 26.3 Å². The fourth-order valence-corrected chi connectivity index (χ4v) is 0.287. The zero-order valence-corrected chi connectivity index (χ0v) is 5.16. The molecule has 1 radical (unpaired) electrons. The molecular formula is C4HF6O2. The second-order valence-electron chi connectivity index (χ2n) is 1.63. The Morgan fingerprint density at radius 1 is 1.17 bits per heavy atom. The first-order chi connectivity index (χ1) is 5.25. The molecule has 12 heavy (non-hydrogen) atoms. The smallest absolute Gasteiger partial charge is 0.406 e. The molecular weight excluding hydrogens is 194 g/mol. The highest BCUT2D eigenvalue weighted by molar-refractivity contribution is 5.39. The Hall–Kier alpha value is -0.950. The average Bonchev–Trinajstić information content (AvgIpc) is 1.85. The van der Waals surface area contributed by atoms with Crippen LogP contribution < -0.4 is 0 Å². The molecule has 0 N–H and O–H groups in total. The fourth-order valence-electron chi connectivity index (χ4n) is 0.287. The van der Waals surface area contributed by atoms with Crippen molar-refractivity contribution in [3.8, 4) is 0 Å². The van der Waals surface area contributed by atoms with Crippen LogP contribution in [0.15, 0.2) is 0 Å². The predicted octanol–water partition coefficient (Wildman–Crippen LogP) is 1.56. The monoisotopic (exact) mass is 195 g/mol. The summed E-state index contributed by atoms with van der Waals surface area (Å²) in [4.78, 5) is 9.15. The van der Waals surface area contributed by atoms with E-state index in [2.05, 4.69) is 4.74 Å². The van der Waals surface area contributed by atoms with Gasteiger partial charge in [-0.2, -0.15) is 17.6 Å². The van der Waals surface area contributed by atoms with Gasteiger partial charge in [-0.15, -0.1) is 0 Å². The zero-order chi connectivity index (χ0) is 9.99. The number of rotatable bonds is 3. The molecule has 0 aliphatic heterocycles. The van der Waals surface area contributed by atoms with Gasteiger partial charge in [-0.05, 0) is 0 Å². The second kappa shape index (κ2) is 3.20. The molecule has 0 heterocycles. The molecule has 0 aliphatic carbocycles. The van der Waals surface area contributed by atoms with Gasteiger partial charge < -0.3 is 4.74 Å². The Morgan fingerprint density at radius 2 is 1.58 bits per heavy atom. The van der Waals surface area contributed by atoms with Crippen LogP contribution in [0.25, 0.3) is 0 Å². The molecule has 8 heteroatoms. The second-order valence-corrected chi connectivity index (χ2v) is 1.63. The summed E-state index contributed by atoms with van der Waals surface area (Å²) < 4.78 is 71.5. The highest BCUT2D eigenvalue weighted by Gasteiger charge is 2.66. The predicted molar refractivity (Wildman–Crippen MR) is 22.7 cm³/mol. The van der Waals surface area contributed by atoms with E-state index >= 15 is 0 Å². The number of alkyl halides is 6. The van der Waals surface area contributed by atoms with E-state index in [9.17, 15) is 26.3 Å². The molecule has 1 unspecified atom stereocenters. The molecule has 0 amide bonds. The van der Waals surface area contributed by atoms with Crippen molar-refractivity contribution in [2.24, 2.45) is 0 Å². The Kier molecular flexibility index (Phi) is 2.94. The largest absolute Gasteiger partial charge is 0.466 e. The van der Waals surface area contributed by atoms with Gasteiger partial charge >= 0.3 is 24.9 Å². The number of ether oxygens (including phenoxy) is 1. The first-order valence-electron chi connectivity index (χ1n) is 2.34. The summed E-state index contributed by atoms with van der Waals surface area (Å²) >= 11 is 0. The van der Waals surface area contributed by atoms with Crippen LogP contribution in [0.4, 0.5) is 26.3 Å². The Morgan fingerprint density at radius 3 is 1.67 bits per heavy atom. The quantitative estimate of drug-likeness (QED) is 0.638. The first kappa shape index (κ1) is 11.0. The standard InChI is InChI=1S/C4HF6O2/c5-2(6)3(7,12-1-11)4(8,9)10/h2H. The maximum absolute atomic E-state index is 12.1. The Balaban J connectivity index is 4.73. The summed E-state index contributed by atoms with van der Waals surface area (Å²) in [6.45, 7) is -0.0288. The SMILES string of the molecule is O=[C]OC(F)(C(F)F)C(F)(F)F. The lowest BCUT2D eigenvalue weighted by Crippen LogP contribution is -2.49. The number of carbonyl (C=O) groups excluding carboxylic acids is 1. The van der Waals surface area contributed by atoms with Crippen molar-refractivity contribution in [3.05, 3.63) is 0 Å². The highest BCUT2D eigenvalue weighted by Crippen LogP contribution is 2.39. The van der Waals surface area contributed by atoms with E-state index in [1.807, 2.05) is 0 Å². The van der Waals surface area contributed by atoms with E-state index in [0.717, 1.165) is 0 Å².